The number of rotatable bonds is 13. The van der Waals surface area contributed by atoms with Crippen molar-refractivity contribution in [2.24, 2.45) is 11.8 Å². The number of hydrogen-bond donors (Lipinski definition) is 1. The van der Waals surface area contributed by atoms with Crippen molar-refractivity contribution in [1.82, 2.24) is 14.7 Å². The van der Waals surface area contributed by atoms with Crippen molar-refractivity contribution in [1.29, 1.82) is 0 Å². The number of aromatic nitrogens is 2. The summed E-state index contributed by atoms with van der Waals surface area (Å²) >= 11 is 6.44. The average molecular weight is 498 g/mol. The molecule has 0 bridgehead atoms. The molecule has 188 valence electrons. The molecule has 4 rings (SSSR count). The molecule has 1 aliphatic carbocycles. The molecule has 6 nitrogen and oxygen atoms in total. The zero-order chi connectivity index (χ0) is 24.8. The van der Waals surface area contributed by atoms with Gasteiger partial charge < -0.3 is 14.6 Å². The summed E-state index contributed by atoms with van der Waals surface area (Å²) in [6.07, 6.45) is 1.92. The van der Waals surface area contributed by atoms with Gasteiger partial charge in [0.05, 0.1) is 34.7 Å². The van der Waals surface area contributed by atoms with Crippen LogP contribution in [0.25, 0.3) is 5.69 Å². The van der Waals surface area contributed by atoms with Crippen molar-refractivity contribution in [3.63, 3.8) is 0 Å². The number of aliphatic hydroxyl groups excluding tert-OH is 1. The molecule has 0 spiro atoms. The van der Waals surface area contributed by atoms with Gasteiger partial charge in [0.2, 0.25) is 5.88 Å². The first kappa shape index (κ1) is 25.7. The number of halogens is 1. The van der Waals surface area contributed by atoms with Crippen molar-refractivity contribution < 1.29 is 14.6 Å². The lowest BCUT2D eigenvalue weighted by atomic mass is 10.2. The quantitative estimate of drug-likeness (QED) is 0.320. The van der Waals surface area contributed by atoms with Crippen LogP contribution in [-0.2, 0) is 11.3 Å². The molecule has 1 aliphatic rings. The Labute approximate surface area is 213 Å². The first-order chi connectivity index (χ1) is 16.9. The Hall–Kier alpha value is -2.38. The fourth-order valence-corrected chi connectivity index (χ4v) is 4.26. The van der Waals surface area contributed by atoms with Gasteiger partial charge in [-0.05, 0) is 55.9 Å². The van der Waals surface area contributed by atoms with E-state index in [-0.39, 0.29) is 0 Å². The fraction of sp³-hybridized carbons (Fsp3) is 0.464. The molecule has 0 radical (unpaired) electrons. The second-order valence-corrected chi connectivity index (χ2v) is 10.3. The topological polar surface area (TPSA) is 59.8 Å². The number of benzene rings is 2. The average Bonchev–Trinajstić information content (AvgIpc) is 3.59. The smallest absolute Gasteiger partial charge is 0.227 e. The van der Waals surface area contributed by atoms with Gasteiger partial charge in [-0.1, -0.05) is 55.8 Å². The lowest BCUT2D eigenvalue weighted by Crippen LogP contribution is -2.36. The molecule has 3 aromatic rings. The second-order valence-electron chi connectivity index (χ2n) is 9.87. The van der Waals surface area contributed by atoms with Crippen molar-refractivity contribution >= 4 is 11.6 Å². The maximum absolute atomic E-state index is 10.7. The molecule has 1 aromatic heterocycles. The predicted molar refractivity (Wildman–Crippen MR) is 139 cm³/mol. The molecule has 1 unspecified atom stereocenters. The van der Waals surface area contributed by atoms with E-state index in [0.717, 1.165) is 23.5 Å². The van der Waals surface area contributed by atoms with Crippen LogP contribution < -0.4 is 4.74 Å². The SMILES string of the molecule is Cc1nn(-c2ccccc2)c(Oc2ccccc2Cl)c1CN(CC(O)COCC(C)C)CC1CC1. The molecule has 7 heteroatoms. The molecule has 35 heavy (non-hydrogen) atoms. The third kappa shape index (κ3) is 7.31. The highest BCUT2D eigenvalue weighted by Gasteiger charge is 2.28. The van der Waals surface area contributed by atoms with Crippen molar-refractivity contribution in [2.45, 2.75) is 46.3 Å². The normalized spacial score (nSPS) is 14.6. The summed E-state index contributed by atoms with van der Waals surface area (Å²) in [5, 5.41) is 16.1. The molecule has 0 aliphatic heterocycles. The van der Waals surface area contributed by atoms with Gasteiger partial charge in [-0.3, -0.25) is 4.90 Å². The van der Waals surface area contributed by atoms with Gasteiger partial charge in [0.25, 0.3) is 0 Å². The van der Waals surface area contributed by atoms with Crippen LogP contribution in [0, 0.1) is 18.8 Å². The molecular weight excluding hydrogens is 462 g/mol. The highest BCUT2D eigenvalue weighted by Crippen LogP contribution is 2.36. The molecule has 1 fully saturated rings. The first-order valence-corrected chi connectivity index (χ1v) is 12.8. The van der Waals surface area contributed by atoms with Gasteiger partial charge in [-0.25, -0.2) is 4.68 Å². The van der Waals surface area contributed by atoms with Gasteiger partial charge in [0.1, 0.15) is 5.75 Å². The molecule has 1 heterocycles. The zero-order valence-electron chi connectivity index (χ0n) is 20.9. The number of hydrogen-bond acceptors (Lipinski definition) is 5. The van der Waals surface area contributed by atoms with E-state index in [1.807, 2.05) is 66.2 Å². The third-order valence-corrected chi connectivity index (χ3v) is 6.32. The molecule has 0 amide bonds. The van der Waals surface area contributed by atoms with Crippen LogP contribution in [0.1, 0.15) is 37.9 Å². The molecular formula is C28H36ClN3O3. The summed E-state index contributed by atoms with van der Waals surface area (Å²) in [5.74, 6) is 2.36. The summed E-state index contributed by atoms with van der Waals surface area (Å²) in [6.45, 7) is 9.31. The van der Waals surface area contributed by atoms with Crippen molar-refractivity contribution in [2.75, 3.05) is 26.3 Å². The molecule has 1 atom stereocenters. The second kappa shape index (κ2) is 12.0. The summed E-state index contributed by atoms with van der Waals surface area (Å²) in [5.41, 5.74) is 2.80. The van der Waals surface area contributed by atoms with Crippen LogP contribution in [0.2, 0.25) is 5.02 Å². The van der Waals surface area contributed by atoms with E-state index in [2.05, 4.69) is 18.7 Å². The van der Waals surface area contributed by atoms with Gasteiger partial charge in [-0.2, -0.15) is 5.10 Å². The Morgan fingerprint density at radius 1 is 1.09 bits per heavy atom. The van der Waals surface area contributed by atoms with E-state index >= 15 is 0 Å². The number of aryl methyl sites for hydroxylation is 1. The summed E-state index contributed by atoms with van der Waals surface area (Å²) in [6, 6.07) is 17.4. The molecule has 0 saturated heterocycles. The third-order valence-electron chi connectivity index (χ3n) is 6.01. The maximum Gasteiger partial charge on any atom is 0.227 e. The minimum atomic E-state index is -0.551. The lowest BCUT2D eigenvalue weighted by Gasteiger charge is -2.25. The predicted octanol–water partition coefficient (Wildman–Crippen LogP) is 5.87. The number of aliphatic hydroxyl groups is 1. The van der Waals surface area contributed by atoms with E-state index in [1.165, 1.54) is 12.8 Å². The van der Waals surface area contributed by atoms with Crippen molar-refractivity contribution in [3.05, 3.63) is 70.9 Å². The minimum Gasteiger partial charge on any atom is -0.437 e. The van der Waals surface area contributed by atoms with Crippen LogP contribution in [0.5, 0.6) is 11.6 Å². The highest BCUT2D eigenvalue weighted by atomic mass is 35.5. The van der Waals surface area contributed by atoms with Crippen LogP contribution >= 0.6 is 11.6 Å². The summed E-state index contributed by atoms with van der Waals surface area (Å²) < 4.78 is 14.0. The summed E-state index contributed by atoms with van der Waals surface area (Å²) in [7, 11) is 0. The standard InChI is InChI=1S/C28H36ClN3O3/c1-20(2)18-34-19-24(33)16-31(15-22-13-14-22)17-25-21(3)30-32(23-9-5-4-6-10-23)28(25)35-27-12-8-7-11-26(27)29/h4-12,20,22,24,33H,13-19H2,1-3H3. The van der Waals surface area contributed by atoms with Gasteiger partial charge >= 0.3 is 0 Å². The Balaban J connectivity index is 1.61. The van der Waals surface area contributed by atoms with E-state index in [9.17, 15) is 5.11 Å². The van der Waals surface area contributed by atoms with E-state index in [0.29, 0.717) is 54.8 Å². The van der Waals surface area contributed by atoms with Crippen LogP contribution in [-0.4, -0.2) is 52.2 Å². The van der Waals surface area contributed by atoms with Gasteiger partial charge in [0.15, 0.2) is 0 Å². The number of ether oxygens (including phenoxy) is 2. The lowest BCUT2D eigenvalue weighted by molar-refractivity contribution is 0.00609. The number of nitrogens with zero attached hydrogens (tertiary/aromatic N) is 3. The van der Waals surface area contributed by atoms with E-state index in [1.54, 1.807) is 0 Å². The monoisotopic (exact) mass is 497 g/mol. The van der Waals surface area contributed by atoms with Crippen molar-refractivity contribution in [3.8, 4) is 17.3 Å². The number of para-hydroxylation sites is 2. The van der Waals surface area contributed by atoms with Crippen LogP contribution in [0.4, 0.5) is 0 Å². The largest absolute Gasteiger partial charge is 0.437 e. The van der Waals surface area contributed by atoms with E-state index < -0.39 is 6.10 Å². The first-order valence-electron chi connectivity index (χ1n) is 12.4. The fourth-order valence-electron chi connectivity index (χ4n) is 4.08. The molecule has 1 N–H and O–H groups in total. The molecule has 2 aromatic carbocycles. The van der Waals surface area contributed by atoms with Crippen LogP contribution in [0.15, 0.2) is 54.6 Å². The minimum absolute atomic E-state index is 0.338. The molecule has 1 saturated carbocycles. The summed E-state index contributed by atoms with van der Waals surface area (Å²) in [4.78, 5) is 2.31. The maximum atomic E-state index is 10.7. The Morgan fingerprint density at radius 3 is 2.49 bits per heavy atom. The zero-order valence-corrected chi connectivity index (χ0v) is 21.6. The Kier molecular flexibility index (Phi) is 8.84. The van der Waals surface area contributed by atoms with Gasteiger partial charge in [0, 0.05) is 26.2 Å². The van der Waals surface area contributed by atoms with E-state index in [4.69, 9.17) is 26.2 Å². The van der Waals surface area contributed by atoms with Crippen LogP contribution in [0.3, 0.4) is 0 Å². The Bertz CT molecular complexity index is 1080. The highest BCUT2D eigenvalue weighted by molar-refractivity contribution is 6.32. The van der Waals surface area contributed by atoms with Gasteiger partial charge in [-0.15, -0.1) is 0 Å². The Morgan fingerprint density at radius 2 is 1.80 bits per heavy atom.